The van der Waals surface area contributed by atoms with Gasteiger partial charge < -0.3 is 10.2 Å². The van der Waals surface area contributed by atoms with Crippen LogP contribution in [0.2, 0.25) is 0 Å². The summed E-state index contributed by atoms with van der Waals surface area (Å²) < 4.78 is 0. The van der Waals surface area contributed by atoms with Gasteiger partial charge in [-0.25, -0.2) is 0 Å². The number of rotatable bonds is 2. The van der Waals surface area contributed by atoms with Crippen molar-refractivity contribution in [1.82, 2.24) is 5.32 Å². The molecular formula is C11H14N2S. The van der Waals surface area contributed by atoms with Crippen LogP contribution in [0.3, 0.4) is 0 Å². The van der Waals surface area contributed by atoms with E-state index in [9.17, 15) is 0 Å². The summed E-state index contributed by atoms with van der Waals surface area (Å²) in [4.78, 5) is 2.01. The largest absolute Gasteiger partial charge is 0.360 e. The van der Waals surface area contributed by atoms with Gasteiger partial charge in [-0.1, -0.05) is 18.2 Å². The summed E-state index contributed by atoms with van der Waals surface area (Å²) in [5.41, 5.74) is 1.13. The summed E-state index contributed by atoms with van der Waals surface area (Å²) in [7, 11) is 1.99. The van der Waals surface area contributed by atoms with Crippen LogP contribution < -0.4 is 10.2 Å². The van der Waals surface area contributed by atoms with E-state index in [-0.39, 0.29) is 0 Å². The fourth-order valence-electron chi connectivity index (χ4n) is 1.27. The van der Waals surface area contributed by atoms with E-state index in [0.29, 0.717) is 6.04 Å². The van der Waals surface area contributed by atoms with Gasteiger partial charge in [-0.3, -0.25) is 0 Å². The normalized spacial score (nSPS) is 14.9. The standard InChI is InChI=1S/C11H14N2S/c1-13(10-5-3-2-4-6-10)11(14)12-9-7-8-9/h2-6,9H,7-8H2,1H3,(H,12,14). The molecule has 0 heterocycles. The SMILES string of the molecule is CN(C(=S)NC1CC1)c1ccccc1. The fourth-order valence-corrected chi connectivity index (χ4v) is 1.54. The van der Waals surface area contributed by atoms with Crippen LogP contribution in [0.15, 0.2) is 30.3 Å². The molecule has 0 atom stereocenters. The van der Waals surface area contributed by atoms with Gasteiger partial charge in [0.15, 0.2) is 5.11 Å². The topological polar surface area (TPSA) is 15.3 Å². The molecule has 14 heavy (non-hydrogen) atoms. The Morgan fingerprint density at radius 1 is 1.36 bits per heavy atom. The molecule has 0 radical (unpaired) electrons. The lowest BCUT2D eigenvalue weighted by atomic mass is 10.3. The monoisotopic (exact) mass is 206 g/mol. The Labute approximate surface area is 89.9 Å². The summed E-state index contributed by atoms with van der Waals surface area (Å²) in [6.45, 7) is 0. The third kappa shape index (κ3) is 2.23. The smallest absolute Gasteiger partial charge is 0.173 e. The van der Waals surface area contributed by atoms with Gasteiger partial charge in [-0.2, -0.15) is 0 Å². The molecule has 0 bridgehead atoms. The van der Waals surface area contributed by atoms with E-state index in [0.717, 1.165) is 10.8 Å². The molecule has 1 N–H and O–H groups in total. The van der Waals surface area contributed by atoms with Gasteiger partial charge >= 0.3 is 0 Å². The van der Waals surface area contributed by atoms with Crippen LogP contribution >= 0.6 is 12.2 Å². The minimum Gasteiger partial charge on any atom is -0.360 e. The number of anilines is 1. The Morgan fingerprint density at radius 3 is 2.57 bits per heavy atom. The molecule has 0 spiro atoms. The molecule has 2 rings (SSSR count). The van der Waals surface area contributed by atoms with Crippen molar-refractivity contribution in [3.05, 3.63) is 30.3 Å². The van der Waals surface area contributed by atoms with Crippen molar-refractivity contribution >= 4 is 23.0 Å². The third-order valence-electron chi connectivity index (χ3n) is 2.35. The van der Waals surface area contributed by atoms with E-state index in [1.165, 1.54) is 12.8 Å². The first kappa shape index (κ1) is 9.46. The molecule has 3 heteroatoms. The van der Waals surface area contributed by atoms with E-state index in [4.69, 9.17) is 12.2 Å². The van der Waals surface area contributed by atoms with Crippen molar-refractivity contribution in [2.24, 2.45) is 0 Å². The maximum atomic E-state index is 5.29. The molecule has 1 aromatic rings. The Hall–Kier alpha value is -1.09. The Bertz CT molecular complexity index is 319. The molecule has 1 aromatic carbocycles. The zero-order valence-electron chi connectivity index (χ0n) is 8.23. The van der Waals surface area contributed by atoms with Crippen LogP contribution in [0.4, 0.5) is 5.69 Å². The maximum Gasteiger partial charge on any atom is 0.173 e. The summed E-state index contributed by atoms with van der Waals surface area (Å²) >= 11 is 5.29. The third-order valence-corrected chi connectivity index (χ3v) is 2.74. The summed E-state index contributed by atoms with van der Waals surface area (Å²) in [6, 6.07) is 10.8. The Morgan fingerprint density at radius 2 is 2.00 bits per heavy atom. The number of thiocarbonyl (C=S) groups is 1. The molecule has 0 saturated heterocycles. The highest BCUT2D eigenvalue weighted by molar-refractivity contribution is 7.80. The second-order valence-corrected chi connectivity index (χ2v) is 4.01. The number of para-hydroxylation sites is 1. The van der Waals surface area contributed by atoms with Crippen LogP contribution in [0.5, 0.6) is 0 Å². The second kappa shape index (κ2) is 3.96. The van der Waals surface area contributed by atoms with Gasteiger partial charge in [-0.05, 0) is 37.2 Å². The molecule has 1 fully saturated rings. The second-order valence-electron chi connectivity index (χ2n) is 3.62. The molecule has 0 amide bonds. The molecular weight excluding hydrogens is 192 g/mol. The van der Waals surface area contributed by atoms with Gasteiger partial charge in [0, 0.05) is 18.8 Å². The summed E-state index contributed by atoms with van der Waals surface area (Å²) in [6.07, 6.45) is 2.51. The first-order chi connectivity index (χ1) is 6.77. The lowest BCUT2D eigenvalue weighted by molar-refractivity contribution is 0.901. The first-order valence-electron chi connectivity index (χ1n) is 4.86. The molecule has 0 aliphatic heterocycles. The van der Waals surface area contributed by atoms with E-state index in [1.807, 2.05) is 30.1 Å². The van der Waals surface area contributed by atoms with Crippen LogP contribution in [0, 0.1) is 0 Å². The van der Waals surface area contributed by atoms with Gasteiger partial charge in [0.2, 0.25) is 0 Å². The van der Waals surface area contributed by atoms with Crippen LogP contribution in [0.25, 0.3) is 0 Å². The lowest BCUT2D eigenvalue weighted by Gasteiger charge is -2.20. The molecule has 0 aromatic heterocycles. The highest BCUT2D eigenvalue weighted by Gasteiger charge is 2.23. The highest BCUT2D eigenvalue weighted by atomic mass is 32.1. The van der Waals surface area contributed by atoms with E-state index in [2.05, 4.69) is 17.4 Å². The molecule has 2 nitrogen and oxygen atoms in total. The molecule has 1 aliphatic rings. The number of benzene rings is 1. The van der Waals surface area contributed by atoms with Crippen LogP contribution in [-0.4, -0.2) is 18.2 Å². The Kier molecular flexibility index (Phi) is 2.68. The number of hydrogen-bond donors (Lipinski definition) is 1. The number of nitrogens with zero attached hydrogens (tertiary/aromatic N) is 1. The first-order valence-corrected chi connectivity index (χ1v) is 5.27. The van der Waals surface area contributed by atoms with Crippen molar-refractivity contribution in [3.63, 3.8) is 0 Å². The van der Waals surface area contributed by atoms with E-state index >= 15 is 0 Å². The average Bonchev–Trinajstić information content (AvgIpc) is 3.02. The minimum atomic E-state index is 0.619. The van der Waals surface area contributed by atoms with Crippen molar-refractivity contribution in [2.45, 2.75) is 18.9 Å². The predicted molar refractivity (Wildman–Crippen MR) is 63.6 cm³/mol. The van der Waals surface area contributed by atoms with E-state index < -0.39 is 0 Å². The van der Waals surface area contributed by atoms with Crippen molar-refractivity contribution < 1.29 is 0 Å². The van der Waals surface area contributed by atoms with E-state index in [1.54, 1.807) is 0 Å². The van der Waals surface area contributed by atoms with Crippen molar-refractivity contribution in [1.29, 1.82) is 0 Å². The zero-order valence-corrected chi connectivity index (χ0v) is 9.05. The predicted octanol–water partition coefficient (Wildman–Crippen LogP) is 2.16. The molecule has 74 valence electrons. The average molecular weight is 206 g/mol. The lowest BCUT2D eigenvalue weighted by Crippen LogP contribution is -2.38. The zero-order chi connectivity index (χ0) is 9.97. The summed E-state index contributed by atoms with van der Waals surface area (Å²) in [5, 5.41) is 4.13. The quantitative estimate of drug-likeness (QED) is 0.746. The highest BCUT2D eigenvalue weighted by Crippen LogP contribution is 2.20. The van der Waals surface area contributed by atoms with Crippen molar-refractivity contribution in [2.75, 3.05) is 11.9 Å². The van der Waals surface area contributed by atoms with Crippen LogP contribution in [0.1, 0.15) is 12.8 Å². The molecule has 1 saturated carbocycles. The minimum absolute atomic E-state index is 0.619. The molecule has 1 aliphatic carbocycles. The van der Waals surface area contributed by atoms with Gasteiger partial charge in [0.1, 0.15) is 0 Å². The summed E-state index contributed by atoms with van der Waals surface area (Å²) in [5.74, 6) is 0. The number of hydrogen-bond acceptors (Lipinski definition) is 1. The van der Waals surface area contributed by atoms with Gasteiger partial charge in [-0.15, -0.1) is 0 Å². The fraction of sp³-hybridized carbons (Fsp3) is 0.364. The van der Waals surface area contributed by atoms with Crippen molar-refractivity contribution in [3.8, 4) is 0 Å². The molecule has 0 unspecified atom stereocenters. The number of nitrogens with one attached hydrogen (secondary N) is 1. The van der Waals surface area contributed by atoms with Crippen LogP contribution in [-0.2, 0) is 0 Å². The maximum absolute atomic E-state index is 5.29. The van der Waals surface area contributed by atoms with Gasteiger partial charge in [0.05, 0.1) is 0 Å². The Balaban J connectivity index is 1.99. The van der Waals surface area contributed by atoms with Gasteiger partial charge in [0.25, 0.3) is 0 Å².